The molecular weight excluding hydrogens is 416 g/mol. The topological polar surface area (TPSA) is 71.8 Å². The van der Waals surface area contributed by atoms with Crippen LogP contribution in [0.15, 0.2) is 65.1 Å². The van der Waals surface area contributed by atoms with Crippen molar-refractivity contribution >= 4 is 11.7 Å². The number of nitrogens with zero attached hydrogens (tertiary/aromatic N) is 1. The zero-order valence-electron chi connectivity index (χ0n) is 19.2. The van der Waals surface area contributed by atoms with Crippen LogP contribution in [0.4, 0.5) is 0 Å². The molecule has 2 aromatic carbocycles. The van der Waals surface area contributed by atoms with Crippen molar-refractivity contribution in [3.8, 4) is 17.1 Å². The number of ketones is 1. The Hall–Kier alpha value is -3.38. The molecular formula is C27H30N2O4. The first kappa shape index (κ1) is 22.8. The van der Waals surface area contributed by atoms with Crippen molar-refractivity contribution in [2.75, 3.05) is 26.7 Å². The Morgan fingerprint density at radius 3 is 2.30 bits per heavy atom. The number of ether oxygens (including phenoxy) is 1. The van der Waals surface area contributed by atoms with Gasteiger partial charge in [0.2, 0.25) is 0 Å². The van der Waals surface area contributed by atoms with Gasteiger partial charge < -0.3 is 14.5 Å². The quantitative estimate of drug-likeness (QED) is 0.487. The van der Waals surface area contributed by atoms with Crippen molar-refractivity contribution in [1.82, 2.24) is 10.2 Å². The van der Waals surface area contributed by atoms with E-state index in [1.165, 1.54) is 26.2 Å². The van der Waals surface area contributed by atoms with Crippen molar-refractivity contribution in [3.05, 3.63) is 77.6 Å². The molecule has 0 radical (unpaired) electrons. The van der Waals surface area contributed by atoms with Gasteiger partial charge in [0.15, 0.2) is 11.5 Å². The van der Waals surface area contributed by atoms with Crippen LogP contribution in [-0.4, -0.2) is 43.3 Å². The number of hydrogen-bond acceptors (Lipinski definition) is 5. The summed E-state index contributed by atoms with van der Waals surface area (Å²) in [7, 11) is 1.66. The summed E-state index contributed by atoms with van der Waals surface area (Å²) < 4.78 is 11.1. The van der Waals surface area contributed by atoms with Crippen molar-refractivity contribution in [1.29, 1.82) is 0 Å². The molecule has 172 valence electrons. The molecule has 0 aliphatic carbocycles. The molecule has 6 nitrogen and oxygen atoms in total. The van der Waals surface area contributed by atoms with Crippen LogP contribution in [0.2, 0.25) is 0 Å². The fourth-order valence-electron chi connectivity index (χ4n) is 4.27. The van der Waals surface area contributed by atoms with Crippen LogP contribution in [0.5, 0.6) is 5.75 Å². The largest absolute Gasteiger partial charge is 0.497 e. The molecule has 0 spiro atoms. The highest BCUT2D eigenvalue weighted by molar-refractivity contribution is 5.94. The molecule has 1 fully saturated rings. The van der Waals surface area contributed by atoms with E-state index in [0.29, 0.717) is 17.9 Å². The highest BCUT2D eigenvalue weighted by atomic mass is 16.5. The number of Topliss-reactive ketones (excluding diaryl/α,β-unsaturated/α-hetero) is 1. The number of hydrogen-bond donors (Lipinski definition) is 1. The van der Waals surface area contributed by atoms with E-state index in [0.717, 1.165) is 30.0 Å². The summed E-state index contributed by atoms with van der Waals surface area (Å²) in [6.07, 6.45) is 3.59. The normalized spacial score (nSPS) is 15.1. The van der Waals surface area contributed by atoms with Crippen molar-refractivity contribution in [3.63, 3.8) is 0 Å². The van der Waals surface area contributed by atoms with Crippen LogP contribution in [0.3, 0.4) is 0 Å². The van der Waals surface area contributed by atoms with Gasteiger partial charge in [-0.1, -0.05) is 42.8 Å². The lowest BCUT2D eigenvalue weighted by Gasteiger charge is -2.35. The van der Waals surface area contributed by atoms with E-state index >= 15 is 0 Å². The Labute approximate surface area is 194 Å². The smallest absolute Gasteiger partial charge is 0.287 e. The molecule has 1 aromatic heterocycles. The number of rotatable bonds is 8. The molecule has 0 bridgehead atoms. The van der Waals surface area contributed by atoms with Crippen LogP contribution < -0.4 is 10.1 Å². The summed E-state index contributed by atoms with van der Waals surface area (Å²) in [5.74, 6) is 1.46. The first-order chi connectivity index (χ1) is 16.0. The van der Waals surface area contributed by atoms with E-state index in [1.54, 1.807) is 31.4 Å². The molecule has 1 atom stereocenters. The van der Waals surface area contributed by atoms with Crippen molar-refractivity contribution in [2.45, 2.75) is 32.2 Å². The standard InChI is InChI=1S/C27H30N2O4/c1-19(30)20-6-8-22(9-7-20)25-14-15-26(33-25)27(31)28-18-24(29-16-4-3-5-17-29)21-10-12-23(32-2)13-11-21/h6-15,24H,3-5,16-18H2,1-2H3,(H,28,31)/t24-/m0/s1. The molecule has 0 saturated carbocycles. The molecule has 1 amide bonds. The minimum atomic E-state index is -0.239. The molecule has 0 unspecified atom stereocenters. The molecule has 33 heavy (non-hydrogen) atoms. The molecule has 2 heterocycles. The predicted octanol–water partition coefficient (Wildman–Crippen LogP) is 5.11. The van der Waals surface area contributed by atoms with E-state index in [1.807, 2.05) is 24.3 Å². The van der Waals surface area contributed by atoms with Gasteiger partial charge >= 0.3 is 0 Å². The third-order valence-electron chi connectivity index (χ3n) is 6.19. The first-order valence-electron chi connectivity index (χ1n) is 11.4. The lowest BCUT2D eigenvalue weighted by Crippen LogP contribution is -2.40. The van der Waals surface area contributed by atoms with Crippen LogP contribution in [0.1, 0.15) is 58.7 Å². The third kappa shape index (κ3) is 5.52. The maximum Gasteiger partial charge on any atom is 0.287 e. The predicted molar refractivity (Wildman–Crippen MR) is 128 cm³/mol. The second kappa shape index (κ2) is 10.5. The maximum atomic E-state index is 12.9. The van der Waals surface area contributed by atoms with Gasteiger partial charge in [0.1, 0.15) is 11.5 Å². The number of benzene rings is 2. The number of piperidine rings is 1. The Bertz CT molecular complexity index is 1080. The monoisotopic (exact) mass is 446 g/mol. The summed E-state index contributed by atoms with van der Waals surface area (Å²) in [5, 5.41) is 3.06. The van der Waals surface area contributed by atoms with Gasteiger partial charge in [0, 0.05) is 17.7 Å². The summed E-state index contributed by atoms with van der Waals surface area (Å²) in [6.45, 7) is 4.07. The van der Waals surface area contributed by atoms with Gasteiger partial charge in [-0.2, -0.15) is 0 Å². The fourth-order valence-corrected chi connectivity index (χ4v) is 4.27. The molecule has 1 N–H and O–H groups in total. The van der Waals surface area contributed by atoms with Gasteiger partial charge in [-0.3, -0.25) is 14.5 Å². The van der Waals surface area contributed by atoms with Crippen LogP contribution in [-0.2, 0) is 0 Å². The Balaban J connectivity index is 1.45. The lowest BCUT2D eigenvalue weighted by molar-refractivity contribution is 0.0897. The molecule has 4 rings (SSSR count). The number of likely N-dealkylation sites (tertiary alicyclic amines) is 1. The van der Waals surface area contributed by atoms with Crippen LogP contribution in [0, 0.1) is 0 Å². The highest BCUT2D eigenvalue weighted by Gasteiger charge is 2.24. The average Bonchev–Trinajstić information content (AvgIpc) is 3.36. The number of nitrogens with one attached hydrogen (secondary N) is 1. The summed E-state index contributed by atoms with van der Waals surface area (Å²) >= 11 is 0. The van der Waals surface area contributed by atoms with E-state index in [2.05, 4.69) is 22.3 Å². The summed E-state index contributed by atoms with van der Waals surface area (Å²) in [5.41, 5.74) is 2.62. The molecule has 6 heteroatoms. The summed E-state index contributed by atoms with van der Waals surface area (Å²) in [4.78, 5) is 26.8. The molecule has 1 saturated heterocycles. The number of carbonyl (C=O) groups is 2. The minimum Gasteiger partial charge on any atom is -0.497 e. The van der Waals surface area contributed by atoms with E-state index in [4.69, 9.17) is 9.15 Å². The summed E-state index contributed by atoms with van der Waals surface area (Å²) in [6, 6.07) is 18.8. The minimum absolute atomic E-state index is 0.0150. The number of carbonyl (C=O) groups excluding carboxylic acids is 2. The zero-order chi connectivity index (χ0) is 23.2. The first-order valence-corrected chi connectivity index (χ1v) is 11.4. The van der Waals surface area contributed by atoms with Crippen molar-refractivity contribution in [2.24, 2.45) is 0 Å². The van der Waals surface area contributed by atoms with Gasteiger partial charge in [-0.15, -0.1) is 0 Å². The van der Waals surface area contributed by atoms with E-state index in [9.17, 15) is 9.59 Å². The van der Waals surface area contributed by atoms with Gasteiger partial charge in [-0.25, -0.2) is 0 Å². The lowest BCUT2D eigenvalue weighted by atomic mass is 10.0. The Morgan fingerprint density at radius 1 is 0.970 bits per heavy atom. The molecule has 1 aliphatic heterocycles. The Kier molecular flexibility index (Phi) is 7.25. The van der Waals surface area contributed by atoms with Gasteiger partial charge in [-0.05, 0) is 62.7 Å². The molecule has 3 aromatic rings. The zero-order valence-corrected chi connectivity index (χ0v) is 19.2. The molecule has 1 aliphatic rings. The van der Waals surface area contributed by atoms with Crippen LogP contribution in [0.25, 0.3) is 11.3 Å². The fraction of sp³-hybridized carbons (Fsp3) is 0.333. The van der Waals surface area contributed by atoms with Gasteiger partial charge in [0.05, 0.1) is 13.2 Å². The number of methoxy groups -OCH3 is 1. The number of amides is 1. The average molecular weight is 447 g/mol. The van der Waals surface area contributed by atoms with Crippen LogP contribution >= 0.6 is 0 Å². The van der Waals surface area contributed by atoms with Gasteiger partial charge in [0.25, 0.3) is 5.91 Å². The van der Waals surface area contributed by atoms with E-state index in [-0.39, 0.29) is 23.5 Å². The van der Waals surface area contributed by atoms with Crippen molar-refractivity contribution < 1.29 is 18.7 Å². The Morgan fingerprint density at radius 2 is 1.67 bits per heavy atom. The second-order valence-corrected chi connectivity index (χ2v) is 8.39. The maximum absolute atomic E-state index is 12.9. The van der Waals surface area contributed by atoms with E-state index < -0.39 is 0 Å². The SMILES string of the molecule is COc1ccc([C@H](CNC(=O)c2ccc(-c3ccc(C(C)=O)cc3)o2)N2CCCCC2)cc1. The second-order valence-electron chi connectivity index (χ2n) is 8.39. The number of furan rings is 1. The highest BCUT2D eigenvalue weighted by Crippen LogP contribution is 2.27. The third-order valence-corrected chi connectivity index (χ3v) is 6.19.